The molecule has 2 N–H and O–H groups in total. The predicted octanol–water partition coefficient (Wildman–Crippen LogP) is 2.86. The number of nitrogens with zero attached hydrogens (tertiary/aromatic N) is 4. The van der Waals surface area contributed by atoms with Gasteiger partial charge >= 0.3 is 0 Å². The molecule has 3 heterocycles. The standard InChI is InChI=1S/C19H25N5O.2ClH/c20-16(14-6-2-1-3-7-14)12-18(25)23-10-4-8-15(13-23)19-22-21-17-9-5-11-24(17)19;;/h1-3,6-7,15-16H,4-5,8-13,20H2;2*1H. The van der Waals surface area contributed by atoms with Crippen molar-refractivity contribution in [1.29, 1.82) is 0 Å². The first kappa shape index (κ1) is 21.7. The van der Waals surface area contributed by atoms with E-state index in [1.165, 1.54) is 0 Å². The minimum atomic E-state index is -0.244. The monoisotopic (exact) mass is 411 g/mol. The molecule has 27 heavy (non-hydrogen) atoms. The van der Waals surface area contributed by atoms with E-state index >= 15 is 0 Å². The van der Waals surface area contributed by atoms with Gasteiger partial charge in [0.1, 0.15) is 11.6 Å². The zero-order valence-electron chi connectivity index (χ0n) is 15.3. The van der Waals surface area contributed by atoms with Gasteiger partial charge in [-0.05, 0) is 24.8 Å². The summed E-state index contributed by atoms with van der Waals surface area (Å²) in [5, 5.41) is 8.73. The Morgan fingerprint density at radius 2 is 1.93 bits per heavy atom. The number of aromatic nitrogens is 3. The van der Waals surface area contributed by atoms with Crippen molar-refractivity contribution in [2.45, 2.75) is 50.6 Å². The van der Waals surface area contributed by atoms with Crippen LogP contribution in [0.15, 0.2) is 30.3 Å². The SMILES string of the molecule is Cl.Cl.NC(CC(=O)N1CCCC(c2nnc3n2CCC3)C1)c1ccccc1. The van der Waals surface area contributed by atoms with E-state index in [0.717, 1.165) is 62.5 Å². The zero-order chi connectivity index (χ0) is 17.2. The number of likely N-dealkylation sites (tertiary alicyclic amines) is 1. The van der Waals surface area contributed by atoms with Crippen molar-refractivity contribution in [2.75, 3.05) is 13.1 Å². The number of benzene rings is 1. The van der Waals surface area contributed by atoms with Crippen LogP contribution < -0.4 is 5.73 Å². The first-order valence-electron chi connectivity index (χ1n) is 9.22. The summed E-state index contributed by atoms with van der Waals surface area (Å²) in [6.45, 7) is 2.57. The van der Waals surface area contributed by atoms with E-state index in [4.69, 9.17) is 5.73 Å². The number of aryl methyl sites for hydroxylation is 1. The number of hydrogen-bond acceptors (Lipinski definition) is 4. The predicted molar refractivity (Wildman–Crippen MR) is 109 cm³/mol. The van der Waals surface area contributed by atoms with Crippen molar-refractivity contribution in [1.82, 2.24) is 19.7 Å². The molecule has 8 heteroatoms. The molecule has 1 saturated heterocycles. The molecule has 2 atom stereocenters. The molecule has 0 saturated carbocycles. The van der Waals surface area contributed by atoms with Gasteiger partial charge in [0.25, 0.3) is 0 Å². The molecule has 148 valence electrons. The van der Waals surface area contributed by atoms with E-state index in [9.17, 15) is 4.79 Å². The normalized spacial score (nSPS) is 19.6. The molecule has 2 aliphatic rings. The molecular formula is C19H27Cl2N5O. The first-order valence-corrected chi connectivity index (χ1v) is 9.22. The third-order valence-electron chi connectivity index (χ3n) is 5.40. The molecular weight excluding hydrogens is 385 g/mol. The molecule has 2 aliphatic heterocycles. The fourth-order valence-corrected chi connectivity index (χ4v) is 4.02. The summed E-state index contributed by atoms with van der Waals surface area (Å²) < 4.78 is 2.26. The van der Waals surface area contributed by atoms with Crippen LogP contribution in [0.4, 0.5) is 0 Å². The van der Waals surface area contributed by atoms with Crippen LogP contribution >= 0.6 is 24.8 Å². The fourth-order valence-electron chi connectivity index (χ4n) is 4.02. The maximum atomic E-state index is 12.7. The Balaban J connectivity index is 0.00000131. The fraction of sp³-hybridized carbons (Fsp3) is 0.526. The molecule has 2 unspecified atom stereocenters. The Labute approximate surface area is 172 Å². The minimum absolute atomic E-state index is 0. The summed E-state index contributed by atoms with van der Waals surface area (Å²) in [6, 6.07) is 9.61. The van der Waals surface area contributed by atoms with Crippen LogP contribution in [0.3, 0.4) is 0 Å². The number of carbonyl (C=O) groups is 1. The molecule has 4 rings (SSSR count). The second-order valence-corrected chi connectivity index (χ2v) is 7.13. The Hall–Kier alpha value is -1.63. The van der Waals surface area contributed by atoms with E-state index in [0.29, 0.717) is 12.3 Å². The van der Waals surface area contributed by atoms with Crippen LogP contribution in [-0.2, 0) is 17.8 Å². The average molecular weight is 412 g/mol. The number of piperidine rings is 1. The lowest BCUT2D eigenvalue weighted by molar-refractivity contribution is -0.132. The van der Waals surface area contributed by atoms with Gasteiger partial charge in [0, 0.05) is 44.4 Å². The van der Waals surface area contributed by atoms with Crippen LogP contribution in [0, 0.1) is 0 Å². The number of nitrogens with two attached hydrogens (primary N) is 1. The maximum Gasteiger partial charge on any atom is 0.224 e. The van der Waals surface area contributed by atoms with Gasteiger partial charge in [-0.25, -0.2) is 0 Å². The van der Waals surface area contributed by atoms with Crippen LogP contribution in [0.2, 0.25) is 0 Å². The first-order chi connectivity index (χ1) is 12.2. The van der Waals surface area contributed by atoms with E-state index in [-0.39, 0.29) is 36.8 Å². The van der Waals surface area contributed by atoms with Gasteiger partial charge < -0.3 is 15.2 Å². The zero-order valence-corrected chi connectivity index (χ0v) is 16.9. The number of hydrogen-bond donors (Lipinski definition) is 1. The van der Waals surface area contributed by atoms with Gasteiger partial charge in [0.15, 0.2) is 0 Å². The lowest BCUT2D eigenvalue weighted by Crippen LogP contribution is -2.40. The third kappa shape index (κ3) is 4.62. The summed E-state index contributed by atoms with van der Waals surface area (Å²) in [7, 11) is 0. The highest BCUT2D eigenvalue weighted by Gasteiger charge is 2.30. The highest BCUT2D eigenvalue weighted by Crippen LogP contribution is 2.29. The molecule has 6 nitrogen and oxygen atoms in total. The summed E-state index contributed by atoms with van der Waals surface area (Å²) in [6.07, 6.45) is 4.62. The van der Waals surface area contributed by atoms with Gasteiger partial charge in [-0.15, -0.1) is 35.0 Å². The average Bonchev–Trinajstić information content (AvgIpc) is 3.26. The molecule has 1 fully saturated rings. The molecule has 1 aromatic heterocycles. The Morgan fingerprint density at radius 1 is 1.15 bits per heavy atom. The minimum Gasteiger partial charge on any atom is -0.342 e. The summed E-state index contributed by atoms with van der Waals surface area (Å²) in [4.78, 5) is 14.7. The maximum absolute atomic E-state index is 12.7. The van der Waals surface area contributed by atoms with Crippen molar-refractivity contribution in [3.05, 3.63) is 47.5 Å². The number of fused-ring (bicyclic) bond motifs is 1. The molecule has 1 amide bonds. The van der Waals surface area contributed by atoms with Crippen molar-refractivity contribution in [2.24, 2.45) is 5.73 Å². The van der Waals surface area contributed by atoms with Crippen LogP contribution in [0.25, 0.3) is 0 Å². The third-order valence-corrected chi connectivity index (χ3v) is 5.40. The van der Waals surface area contributed by atoms with Gasteiger partial charge in [-0.2, -0.15) is 0 Å². The van der Waals surface area contributed by atoms with Crippen LogP contribution in [-0.4, -0.2) is 38.7 Å². The van der Waals surface area contributed by atoms with E-state index < -0.39 is 0 Å². The van der Waals surface area contributed by atoms with Gasteiger partial charge in [0.05, 0.1) is 0 Å². The smallest absolute Gasteiger partial charge is 0.224 e. The highest BCUT2D eigenvalue weighted by atomic mass is 35.5. The molecule has 0 spiro atoms. The number of rotatable bonds is 4. The number of carbonyl (C=O) groups excluding carboxylic acids is 1. The topological polar surface area (TPSA) is 77.0 Å². The number of halogens is 2. The molecule has 2 aromatic rings. The summed E-state index contributed by atoms with van der Waals surface area (Å²) >= 11 is 0. The van der Waals surface area contributed by atoms with Crippen LogP contribution in [0.1, 0.15) is 54.9 Å². The highest BCUT2D eigenvalue weighted by molar-refractivity contribution is 5.85. The van der Waals surface area contributed by atoms with E-state index in [1.807, 2.05) is 35.2 Å². The molecule has 0 radical (unpaired) electrons. The molecule has 1 aromatic carbocycles. The number of amides is 1. The quantitative estimate of drug-likeness (QED) is 0.838. The summed E-state index contributed by atoms with van der Waals surface area (Å²) in [5.74, 6) is 2.61. The van der Waals surface area contributed by atoms with Crippen molar-refractivity contribution in [3.63, 3.8) is 0 Å². The lowest BCUT2D eigenvalue weighted by atomic mass is 9.96. The Morgan fingerprint density at radius 3 is 2.70 bits per heavy atom. The van der Waals surface area contributed by atoms with E-state index in [1.54, 1.807) is 0 Å². The Kier molecular flexibility index (Phi) is 7.65. The summed E-state index contributed by atoms with van der Waals surface area (Å²) in [5.41, 5.74) is 7.25. The lowest BCUT2D eigenvalue weighted by Gasteiger charge is -2.33. The van der Waals surface area contributed by atoms with Gasteiger partial charge in [0.2, 0.25) is 5.91 Å². The van der Waals surface area contributed by atoms with Crippen molar-refractivity contribution >= 4 is 30.7 Å². The van der Waals surface area contributed by atoms with E-state index in [2.05, 4.69) is 14.8 Å². The molecule has 0 aliphatic carbocycles. The Bertz CT molecular complexity index is 752. The second kappa shape index (κ2) is 9.53. The van der Waals surface area contributed by atoms with Crippen molar-refractivity contribution < 1.29 is 4.79 Å². The largest absolute Gasteiger partial charge is 0.342 e. The van der Waals surface area contributed by atoms with Gasteiger partial charge in [-0.1, -0.05) is 30.3 Å². The van der Waals surface area contributed by atoms with Gasteiger partial charge in [-0.3, -0.25) is 4.79 Å². The van der Waals surface area contributed by atoms with Crippen molar-refractivity contribution in [3.8, 4) is 0 Å². The van der Waals surface area contributed by atoms with Crippen LogP contribution in [0.5, 0.6) is 0 Å². The second-order valence-electron chi connectivity index (χ2n) is 7.13. The molecule has 0 bridgehead atoms.